The van der Waals surface area contributed by atoms with Crippen molar-refractivity contribution in [3.05, 3.63) is 22.6 Å². The molecule has 1 rings (SSSR count). The van der Waals surface area contributed by atoms with Crippen LogP contribution in [-0.4, -0.2) is 25.8 Å². The molecule has 0 aliphatic rings. The van der Waals surface area contributed by atoms with Crippen LogP contribution in [0.4, 0.5) is 10.6 Å². The first-order chi connectivity index (χ1) is 5.61. The topological polar surface area (TPSA) is 110 Å². The molecule has 0 aromatic carbocycles. The Kier molecular flexibility index (Phi) is 1.90. The zero-order chi connectivity index (χ0) is 9.14. The van der Waals surface area contributed by atoms with Crippen molar-refractivity contribution >= 4 is 11.9 Å². The molecule has 0 aliphatic carbocycles. The molecule has 1 amide bonds. The molecule has 8 heteroatoms. The first-order valence-electron chi connectivity index (χ1n) is 2.78. The number of hydrogen-bond donors (Lipinski definition) is 2. The number of imidazole rings is 1. The van der Waals surface area contributed by atoms with Gasteiger partial charge in [0.05, 0.1) is 0 Å². The van der Waals surface area contributed by atoms with Crippen molar-refractivity contribution in [3.63, 3.8) is 0 Å². The maximum absolute atomic E-state index is 10.2. The van der Waals surface area contributed by atoms with Crippen LogP contribution < -0.4 is 5.43 Å². The molecule has 0 spiro atoms. The number of aromatic nitrogens is 2. The van der Waals surface area contributed by atoms with Gasteiger partial charge in [-0.15, -0.1) is 4.68 Å². The summed E-state index contributed by atoms with van der Waals surface area (Å²) in [6.07, 6.45) is 0.540. The minimum atomic E-state index is -1.39. The summed E-state index contributed by atoms with van der Waals surface area (Å²) in [5.74, 6) is -0.433. The third-order valence-electron chi connectivity index (χ3n) is 1.02. The summed E-state index contributed by atoms with van der Waals surface area (Å²) in [7, 11) is 0. The number of amides is 1. The summed E-state index contributed by atoms with van der Waals surface area (Å²) in [4.78, 5) is 22.9. The molecule has 0 saturated heterocycles. The highest BCUT2D eigenvalue weighted by atomic mass is 16.6. The van der Waals surface area contributed by atoms with E-state index in [9.17, 15) is 14.9 Å². The predicted molar refractivity (Wildman–Crippen MR) is 36.3 cm³/mol. The maximum Gasteiger partial charge on any atom is 0.440 e. The van der Waals surface area contributed by atoms with E-state index in [4.69, 9.17) is 5.11 Å². The lowest BCUT2D eigenvalue weighted by Crippen LogP contribution is -2.20. The normalized spacial score (nSPS) is 9.33. The fourth-order valence-electron chi connectivity index (χ4n) is 0.612. The molecule has 0 unspecified atom stereocenters. The van der Waals surface area contributed by atoms with Crippen LogP contribution in [0.25, 0.3) is 0 Å². The Labute approximate surface area is 65.6 Å². The van der Waals surface area contributed by atoms with Crippen LogP contribution in [0, 0.1) is 10.1 Å². The number of nitro groups is 1. The van der Waals surface area contributed by atoms with Crippen LogP contribution in [0.1, 0.15) is 0 Å². The van der Waals surface area contributed by atoms with Gasteiger partial charge < -0.3 is 15.2 Å². The molecule has 1 heterocycles. The van der Waals surface area contributed by atoms with Gasteiger partial charge in [-0.1, -0.05) is 0 Å². The Morgan fingerprint density at radius 2 is 2.50 bits per heavy atom. The number of carboxylic acid groups (broad SMARTS) is 1. The second kappa shape index (κ2) is 2.86. The smallest absolute Gasteiger partial charge is 0.440 e. The quantitative estimate of drug-likeness (QED) is 0.482. The highest BCUT2D eigenvalue weighted by Crippen LogP contribution is 2.06. The minimum Gasteiger partial charge on any atom is -0.463 e. The summed E-state index contributed by atoms with van der Waals surface area (Å²) in [5, 5.41) is 18.4. The fourth-order valence-corrected chi connectivity index (χ4v) is 0.612. The van der Waals surface area contributed by atoms with Gasteiger partial charge in [0.2, 0.25) is 6.33 Å². The van der Waals surface area contributed by atoms with Gasteiger partial charge in [-0.3, -0.25) is 0 Å². The van der Waals surface area contributed by atoms with Gasteiger partial charge in [0.15, 0.2) is 0 Å². The van der Waals surface area contributed by atoms with Crippen molar-refractivity contribution < 1.29 is 14.8 Å². The first-order valence-corrected chi connectivity index (χ1v) is 2.78. The van der Waals surface area contributed by atoms with Crippen molar-refractivity contribution in [2.75, 3.05) is 5.43 Å². The van der Waals surface area contributed by atoms with Crippen molar-refractivity contribution in [1.82, 2.24) is 9.66 Å². The average Bonchev–Trinajstić information content (AvgIpc) is 2.33. The van der Waals surface area contributed by atoms with Crippen molar-refractivity contribution in [2.45, 2.75) is 0 Å². The number of nitrogens with one attached hydrogen (secondary N) is 1. The van der Waals surface area contributed by atoms with Gasteiger partial charge in [0.25, 0.3) is 0 Å². The molecule has 1 aromatic rings. The molecule has 2 N–H and O–H groups in total. The number of carbonyl (C=O) groups is 1. The number of hydrogen-bond acceptors (Lipinski definition) is 4. The van der Waals surface area contributed by atoms with E-state index in [-0.39, 0.29) is 0 Å². The van der Waals surface area contributed by atoms with Crippen LogP contribution in [0.3, 0.4) is 0 Å². The van der Waals surface area contributed by atoms with E-state index in [0.29, 0.717) is 4.68 Å². The van der Waals surface area contributed by atoms with Crippen molar-refractivity contribution in [3.8, 4) is 0 Å². The second-order valence-electron chi connectivity index (χ2n) is 1.80. The Morgan fingerprint density at radius 3 is 3.00 bits per heavy atom. The van der Waals surface area contributed by atoms with E-state index in [1.54, 1.807) is 5.43 Å². The van der Waals surface area contributed by atoms with Crippen molar-refractivity contribution in [1.29, 1.82) is 0 Å². The molecular weight excluding hydrogens is 168 g/mol. The lowest BCUT2D eigenvalue weighted by Gasteiger charge is -1.96. The van der Waals surface area contributed by atoms with Crippen LogP contribution in [-0.2, 0) is 0 Å². The Bertz CT molecular complexity index is 319. The largest absolute Gasteiger partial charge is 0.463 e. The Hall–Kier alpha value is -2.12. The summed E-state index contributed by atoms with van der Waals surface area (Å²) in [6, 6.07) is 0. The predicted octanol–water partition coefficient (Wildman–Crippen LogP) is 0.0128. The van der Waals surface area contributed by atoms with Gasteiger partial charge in [-0.2, -0.15) is 5.43 Å². The van der Waals surface area contributed by atoms with E-state index < -0.39 is 16.8 Å². The molecule has 8 nitrogen and oxygen atoms in total. The molecule has 0 fully saturated rings. The Morgan fingerprint density at radius 1 is 1.83 bits per heavy atom. The molecule has 1 aromatic heterocycles. The zero-order valence-electron chi connectivity index (χ0n) is 5.67. The van der Waals surface area contributed by atoms with E-state index in [1.165, 1.54) is 0 Å². The average molecular weight is 172 g/mol. The molecule has 64 valence electrons. The highest BCUT2D eigenvalue weighted by Gasteiger charge is 2.14. The van der Waals surface area contributed by atoms with Gasteiger partial charge in [-0.25, -0.2) is 9.78 Å². The summed E-state index contributed by atoms with van der Waals surface area (Å²) >= 11 is 0. The zero-order valence-corrected chi connectivity index (χ0v) is 5.67. The summed E-state index contributed by atoms with van der Waals surface area (Å²) in [6.45, 7) is 0. The summed E-state index contributed by atoms with van der Waals surface area (Å²) < 4.78 is 0.697. The first kappa shape index (κ1) is 7.98. The van der Waals surface area contributed by atoms with Gasteiger partial charge in [-0.05, 0) is 4.92 Å². The number of nitrogens with zero attached hydrogens (tertiary/aromatic N) is 3. The Balaban J connectivity index is 2.91. The second-order valence-corrected chi connectivity index (χ2v) is 1.80. The lowest BCUT2D eigenvalue weighted by molar-refractivity contribution is -0.391. The molecule has 0 atom stereocenters. The monoisotopic (exact) mass is 172 g/mol. The van der Waals surface area contributed by atoms with Crippen LogP contribution in [0.2, 0.25) is 0 Å². The molecule has 0 bridgehead atoms. The SMILES string of the molecule is O=C(O)Nn1cncc1[N+](=O)[O-]. The lowest BCUT2D eigenvalue weighted by atomic mass is 10.8. The van der Waals surface area contributed by atoms with Crippen LogP contribution in [0.15, 0.2) is 12.5 Å². The van der Waals surface area contributed by atoms with Gasteiger partial charge in [0, 0.05) is 0 Å². The van der Waals surface area contributed by atoms with E-state index in [0.717, 1.165) is 12.5 Å². The highest BCUT2D eigenvalue weighted by molar-refractivity contribution is 5.73. The molecule has 12 heavy (non-hydrogen) atoms. The molecule has 0 aliphatic heterocycles. The third kappa shape index (κ3) is 1.48. The maximum atomic E-state index is 10.2. The molecular formula is C4H4N4O4. The van der Waals surface area contributed by atoms with E-state index >= 15 is 0 Å². The fraction of sp³-hybridized carbons (Fsp3) is 0. The minimum absolute atomic E-state index is 0.433. The molecule has 0 saturated carbocycles. The summed E-state index contributed by atoms with van der Waals surface area (Å²) in [5.41, 5.74) is 1.76. The van der Waals surface area contributed by atoms with Crippen molar-refractivity contribution in [2.24, 2.45) is 0 Å². The van der Waals surface area contributed by atoms with E-state index in [1.807, 2.05) is 0 Å². The molecule has 0 radical (unpaired) electrons. The number of rotatable bonds is 2. The van der Waals surface area contributed by atoms with Gasteiger partial charge >= 0.3 is 11.9 Å². The van der Waals surface area contributed by atoms with Gasteiger partial charge in [0.1, 0.15) is 6.20 Å². The van der Waals surface area contributed by atoms with Crippen LogP contribution >= 0.6 is 0 Å². The standard InChI is InChI=1S/C4H4N4O4/c9-4(10)6-7-2-5-1-3(7)8(11)12/h1-2,6H,(H,9,10). The van der Waals surface area contributed by atoms with Crippen LogP contribution in [0.5, 0.6) is 0 Å². The van der Waals surface area contributed by atoms with E-state index in [2.05, 4.69) is 4.98 Å². The third-order valence-corrected chi connectivity index (χ3v) is 1.02.